The van der Waals surface area contributed by atoms with E-state index in [1.807, 2.05) is 0 Å². The normalized spacial score (nSPS) is 10.6. The van der Waals surface area contributed by atoms with E-state index in [1.54, 1.807) is 11.8 Å². The molecule has 2 aromatic rings. The summed E-state index contributed by atoms with van der Waals surface area (Å²) in [6.45, 7) is 2.11. The summed E-state index contributed by atoms with van der Waals surface area (Å²) >= 11 is 8.98. The number of hydrogen-bond acceptors (Lipinski definition) is 4. The van der Waals surface area contributed by atoms with Crippen molar-refractivity contribution in [2.24, 2.45) is 0 Å². The smallest absolute Gasteiger partial charge is 0.138 e. The molecule has 0 spiro atoms. The molecule has 0 N–H and O–H groups in total. The van der Waals surface area contributed by atoms with Crippen molar-refractivity contribution < 1.29 is 0 Å². The first kappa shape index (κ1) is 11.9. The van der Waals surface area contributed by atoms with E-state index >= 15 is 0 Å². The fourth-order valence-electron chi connectivity index (χ4n) is 1.35. The Hall–Kier alpha value is -0.580. The quantitative estimate of drug-likeness (QED) is 0.842. The highest BCUT2D eigenvalue weighted by Gasteiger charge is 2.04. The van der Waals surface area contributed by atoms with Crippen LogP contribution in [0.15, 0.2) is 24.3 Å². The van der Waals surface area contributed by atoms with Gasteiger partial charge in [-0.15, -0.1) is 5.10 Å². The highest BCUT2D eigenvalue weighted by Crippen LogP contribution is 2.24. The van der Waals surface area contributed by atoms with Gasteiger partial charge in [0, 0.05) is 23.0 Å². The van der Waals surface area contributed by atoms with Crippen LogP contribution in [0.5, 0.6) is 0 Å². The molecule has 0 unspecified atom stereocenters. The van der Waals surface area contributed by atoms with Crippen molar-refractivity contribution in [2.45, 2.75) is 18.4 Å². The second kappa shape index (κ2) is 5.66. The van der Waals surface area contributed by atoms with E-state index in [1.165, 1.54) is 22.7 Å². The highest BCUT2D eigenvalue weighted by molar-refractivity contribution is 7.97. The average molecular weight is 271 g/mol. The standard InChI is InChI=1S/C11H11ClN2S2/c1-8-3-2-4-9(5-8)6-15-7-10-11(12)16-14-13-10/h2-5H,6-7H2,1H3. The van der Waals surface area contributed by atoms with Crippen LogP contribution in [0, 0.1) is 6.92 Å². The summed E-state index contributed by atoms with van der Waals surface area (Å²) in [6.07, 6.45) is 0. The molecule has 1 heterocycles. The second-order valence-corrected chi connectivity index (χ2v) is 5.82. The van der Waals surface area contributed by atoms with Crippen LogP contribution in [-0.4, -0.2) is 9.59 Å². The van der Waals surface area contributed by atoms with Gasteiger partial charge in [0.15, 0.2) is 0 Å². The number of aryl methyl sites for hydroxylation is 1. The summed E-state index contributed by atoms with van der Waals surface area (Å²) in [7, 11) is 0. The van der Waals surface area contributed by atoms with Gasteiger partial charge >= 0.3 is 0 Å². The Balaban J connectivity index is 1.87. The van der Waals surface area contributed by atoms with Crippen molar-refractivity contribution in [3.8, 4) is 0 Å². The molecule has 0 amide bonds. The molecule has 0 saturated carbocycles. The molecule has 5 heteroatoms. The van der Waals surface area contributed by atoms with Gasteiger partial charge in [0.05, 0.1) is 0 Å². The number of hydrogen-bond donors (Lipinski definition) is 0. The molecule has 0 saturated heterocycles. The Kier molecular flexibility index (Phi) is 4.21. The summed E-state index contributed by atoms with van der Waals surface area (Å²) in [4.78, 5) is 0. The predicted octanol–water partition coefficient (Wildman–Crippen LogP) is 3.93. The van der Waals surface area contributed by atoms with Crippen LogP contribution in [0.1, 0.15) is 16.8 Å². The average Bonchev–Trinajstić information content (AvgIpc) is 2.65. The van der Waals surface area contributed by atoms with E-state index in [0.717, 1.165) is 17.2 Å². The van der Waals surface area contributed by atoms with Gasteiger partial charge < -0.3 is 0 Å². The summed E-state index contributed by atoms with van der Waals surface area (Å²) in [5.74, 6) is 1.80. The van der Waals surface area contributed by atoms with Gasteiger partial charge in [0.1, 0.15) is 10.0 Å². The Morgan fingerprint density at radius 2 is 2.25 bits per heavy atom. The molecule has 0 aliphatic carbocycles. The number of benzene rings is 1. The maximum absolute atomic E-state index is 5.93. The largest absolute Gasteiger partial charge is 0.151 e. The Morgan fingerprint density at radius 3 is 2.94 bits per heavy atom. The zero-order valence-electron chi connectivity index (χ0n) is 8.81. The summed E-state index contributed by atoms with van der Waals surface area (Å²) < 4.78 is 4.51. The van der Waals surface area contributed by atoms with Gasteiger partial charge in [-0.05, 0) is 12.5 Å². The SMILES string of the molecule is Cc1cccc(CSCc2nnsc2Cl)c1. The van der Waals surface area contributed by atoms with E-state index in [-0.39, 0.29) is 0 Å². The van der Waals surface area contributed by atoms with E-state index in [4.69, 9.17) is 11.6 Å². The molecule has 0 atom stereocenters. The van der Waals surface area contributed by atoms with E-state index in [0.29, 0.717) is 4.34 Å². The van der Waals surface area contributed by atoms with Gasteiger partial charge in [-0.25, -0.2) is 0 Å². The number of thioether (sulfide) groups is 1. The van der Waals surface area contributed by atoms with Gasteiger partial charge in [0.2, 0.25) is 0 Å². The fraction of sp³-hybridized carbons (Fsp3) is 0.273. The summed E-state index contributed by atoms with van der Waals surface area (Å²) in [6, 6.07) is 8.53. The van der Waals surface area contributed by atoms with Gasteiger partial charge in [-0.2, -0.15) is 11.8 Å². The van der Waals surface area contributed by atoms with Gasteiger partial charge in [-0.3, -0.25) is 0 Å². The van der Waals surface area contributed by atoms with Crippen LogP contribution in [-0.2, 0) is 11.5 Å². The molecule has 0 fully saturated rings. The number of aromatic nitrogens is 2. The Morgan fingerprint density at radius 1 is 1.38 bits per heavy atom. The lowest BCUT2D eigenvalue weighted by molar-refractivity contribution is 1.07. The lowest BCUT2D eigenvalue weighted by Gasteiger charge is -2.01. The van der Waals surface area contributed by atoms with Crippen LogP contribution in [0.4, 0.5) is 0 Å². The van der Waals surface area contributed by atoms with Crippen molar-refractivity contribution in [3.63, 3.8) is 0 Å². The van der Waals surface area contributed by atoms with Crippen LogP contribution in [0.25, 0.3) is 0 Å². The molecule has 0 aliphatic heterocycles. The van der Waals surface area contributed by atoms with Gasteiger partial charge in [0.25, 0.3) is 0 Å². The molecule has 1 aromatic heterocycles. The summed E-state index contributed by atoms with van der Waals surface area (Å²) in [5, 5.41) is 3.98. The first-order chi connectivity index (χ1) is 7.75. The fourth-order valence-corrected chi connectivity index (χ4v) is 3.06. The third-order valence-corrected chi connectivity index (χ3v) is 4.10. The van der Waals surface area contributed by atoms with Crippen LogP contribution in [0.2, 0.25) is 4.34 Å². The molecule has 0 bridgehead atoms. The molecule has 0 aliphatic rings. The van der Waals surface area contributed by atoms with Crippen molar-refractivity contribution in [2.75, 3.05) is 0 Å². The Bertz CT molecular complexity index is 471. The topological polar surface area (TPSA) is 25.8 Å². The van der Waals surface area contributed by atoms with Gasteiger partial charge in [-0.1, -0.05) is 45.9 Å². The minimum Gasteiger partial charge on any atom is -0.151 e. The first-order valence-corrected chi connectivity index (χ1v) is 7.16. The second-order valence-electron chi connectivity index (χ2n) is 3.48. The van der Waals surface area contributed by atoms with Crippen molar-refractivity contribution in [1.82, 2.24) is 9.59 Å². The molecule has 16 heavy (non-hydrogen) atoms. The zero-order chi connectivity index (χ0) is 11.4. The minimum atomic E-state index is 0.705. The minimum absolute atomic E-state index is 0.705. The number of nitrogens with zero attached hydrogens (tertiary/aromatic N) is 2. The molecular formula is C11H11ClN2S2. The maximum atomic E-state index is 5.93. The number of halogens is 1. The molecule has 2 nitrogen and oxygen atoms in total. The third kappa shape index (κ3) is 3.20. The van der Waals surface area contributed by atoms with Crippen LogP contribution >= 0.6 is 34.9 Å². The Labute approximate surface area is 108 Å². The predicted molar refractivity (Wildman–Crippen MR) is 71.1 cm³/mol. The van der Waals surface area contributed by atoms with Crippen LogP contribution < -0.4 is 0 Å². The molecule has 84 valence electrons. The molecule has 2 rings (SSSR count). The zero-order valence-corrected chi connectivity index (χ0v) is 11.2. The molecule has 0 radical (unpaired) electrons. The molecular weight excluding hydrogens is 260 g/mol. The number of rotatable bonds is 4. The van der Waals surface area contributed by atoms with Crippen molar-refractivity contribution in [3.05, 3.63) is 45.4 Å². The lowest BCUT2D eigenvalue weighted by Crippen LogP contribution is -1.85. The maximum Gasteiger partial charge on any atom is 0.138 e. The van der Waals surface area contributed by atoms with E-state index in [2.05, 4.69) is 40.8 Å². The van der Waals surface area contributed by atoms with Crippen molar-refractivity contribution >= 4 is 34.9 Å². The van der Waals surface area contributed by atoms with E-state index in [9.17, 15) is 0 Å². The third-order valence-electron chi connectivity index (χ3n) is 2.10. The van der Waals surface area contributed by atoms with E-state index < -0.39 is 0 Å². The summed E-state index contributed by atoms with van der Waals surface area (Å²) in [5.41, 5.74) is 3.53. The first-order valence-electron chi connectivity index (χ1n) is 4.86. The highest BCUT2D eigenvalue weighted by atomic mass is 35.5. The van der Waals surface area contributed by atoms with Crippen molar-refractivity contribution in [1.29, 1.82) is 0 Å². The monoisotopic (exact) mass is 270 g/mol. The lowest BCUT2D eigenvalue weighted by atomic mass is 10.2. The van der Waals surface area contributed by atoms with Crippen LogP contribution in [0.3, 0.4) is 0 Å². The molecule has 1 aromatic carbocycles.